The molecule has 1 fully saturated rings. The van der Waals surface area contributed by atoms with Gasteiger partial charge < -0.3 is 5.32 Å². The molecule has 102 valence electrons. The summed E-state index contributed by atoms with van der Waals surface area (Å²) < 4.78 is 14.4. The monoisotopic (exact) mass is 333 g/mol. The Balaban J connectivity index is 1.94. The molecule has 2 heterocycles. The molecule has 1 aromatic heterocycles. The van der Waals surface area contributed by atoms with Crippen molar-refractivity contribution < 1.29 is 4.21 Å². The van der Waals surface area contributed by atoms with Crippen LogP contribution in [0.1, 0.15) is 31.2 Å². The van der Waals surface area contributed by atoms with Gasteiger partial charge >= 0.3 is 0 Å². The highest BCUT2D eigenvalue weighted by Crippen LogP contribution is 2.22. The molecule has 0 radical (unpaired) electrons. The maximum Gasteiger partial charge on any atom is 0.0767 e. The third-order valence-corrected chi connectivity index (χ3v) is 5.75. The van der Waals surface area contributed by atoms with Crippen molar-refractivity contribution >= 4 is 26.7 Å². The highest BCUT2D eigenvalue weighted by molar-refractivity contribution is 9.10. The second-order valence-electron chi connectivity index (χ2n) is 4.69. The standard InChI is InChI=1S/C12H20BrN3OS/c1-3-10-12(13)11(16(2)15-10)8-14-9-4-6-18(17)7-5-9/h9,14H,3-8H2,1-2H3. The Kier molecular flexibility index (Phi) is 4.98. The van der Waals surface area contributed by atoms with Crippen LogP contribution in [0.2, 0.25) is 0 Å². The molecule has 0 saturated carbocycles. The first kappa shape index (κ1) is 14.2. The molecule has 4 nitrogen and oxygen atoms in total. The second-order valence-corrected chi connectivity index (χ2v) is 7.18. The normalized spacial score (nSPS) is 24.4. The zero-order chi connectivity index (χ0) is 13.1. The van der Waals surface area contributed by atoms with Crippen LogP contribution in [0.4, 0.5) is 0 Å². The Morgan fingerprint density at radius 3 is 2.72 bits per heavy atom. The Morgan fingerprint density at radius 1 is 1.50 bits per heavy atom. The summed E-state index contributed by atoms with van der Waals surface area (Å²) in [6, 6.07) is 0.495. The number of nitrogens with one attached hydrogen (secondary N) is 1. The van der Waals surface area contributed by atoms with Gasteiger partial charge in [-0.25, -0.2) is 0 Å². The quantitative estimate of drug-likeness (QED) is 0.913. The Hall–Kier alpha value is -0.200. The van der Waals surface area contributed by atoms with E-state index in [1.807, 2.05) is 11.7 Å². The molecule has 1 aromatic rings. The molecule has 1 N–H and O–H groups in total. The van der Waals surface area contributed by atoms with Crippen molar-refractivity contribution in [3.63, 3.8) is 0 Å². The van der Waals surface area contributed by atoms with Crippen LogP contribution in [0.25, 0.3) is 0 Å². The van der Waals surface area contributed by atoms with E-state index >= 15 is 0 Å². The fraction of sp³-hybridized carbons (Fsp3) is 0.750. The Labute approximate surface area is 119 Å². The van der Waals surface area contributed by atoms with Crippen molar-refractivity contribution in [2.75, 3.05) is 11.5 Å². The van der Waals surface area contributed by atoms with Gasteiger partial charge in [-0.3, -0.25) is 8.89 Å². The zero-order valence-corrected chi connectivity index (χ0v) is 13.3. The van der Waals surface area contributed by atoms with Crippen LogP contribution in [-0.4, -0.2) is 31.5 Å². The van der Waals surface area contributed by atoms with Crippen molar-refractivity contribution in [2.45, 2.75) is 38.8 Å². The number of hydrogen-bond donors (Lipinski definition) is 1. The average Bonchev–Trinajstić information content (AvgIpc) is 2.64. The maximum absolute atomic E-state index is 11.3. The summed E-state index contributed by atoms with van der Waals surface area (Å²) in [5, 5.41) is 8.04. The van der Waals surface area contributed by atoms with E-state index in [0.29, 0.717) is 6.04 Å². The van der Waals surface area contributed by atoms with Crippen molar-refractivity contribution in [2.24, 2.45) is 7.05 Å². The van der Waals surface area contributed by atoms with Crippen molar-refractivity contribution in [1.82, 2.24) is 15.1 Å². The summed E-state index contributed by atoms with van der Waals surface area (Å²) in [5.74, 6) is 1.68. The minimum Gasteiger partial charge on any atom is -0.308 e. The van der Waals surface area contributed by atoms with E-state index in [0.717, 1.165) is 47.5 Å². The van der Waals surface area contributed by atoms with E-state index < -0.39 is 10.8 Å². The summed E-state index contributed by atoms with van der Waals surface area (Å²) in [7, 11) is 1.40. The molecule has 0 atom stereocenters. The van der Waals surface area contributed by atoms with Crippen LogP contribution in [0, 0.1) is 0 Å². The van der Waals surface area contributed by atoms with Gasteiger partial charge in [-0.15, -0.1) is 0 Å². The van der Waals surface area contributed by atoms with Gasteiger partial charge in [0.2, 0.25) is 0 Å². The second kappa shape index (κ2) is 6.30. The first-order valence-corrected chi connectivity index (χ1v) is 8.68. The largest absolute Gasteiger partial charge is 0.308 e. The molecule has 0 amide bonds. The topological polar surface area (TPSA) is 46.9 Å². The molecule has 0 aromatic carbocycles. The first-order valence-electron chi connectivity index (χ1n) is 6.40. The number of halogens is 1. The van der Waals surface area contributed by atoms with E-state index in [1.165, 1.54) is 5.69 Å². The molecule has 0 aliphatic carbocycles. The van der Waals surface area contributed by atoms with Gasteiger partial charge in [-0.1, -0.05) is 6.92 Å². The molecular formula is C12H20BrN3OS. The van der Waals surface area contributed by atoms with E-state index in [-0.39, 0.29) is 0 Å². The van der Waals surface area contributed by atoms with Crippen molar-refractivity contribution in [1.29, 1.82) is 0 Å². The van der Waals surface area contributed by atoms with E-state index in [2.05, 4.69) is 33.3 Å². The lowest BCUT2D eigenvalue weighted by Crippen LogP contribution is -2.35. The maximum atomic E-state index is 11.3. The van der Waals surface area contributed by atoms with Crippen molar-refractivity contribution in [3.8, 4) is 0 Å². The van der Waals surface area contributed by atoms with Gasteiger partial charge in [-0.2, -0.15) is 5.10 Å². The molecule has 0 spiro atoms. The lowest BCUT2D eigenvalue weighted by atomic mass is 10.1. The molecule has 1 saturated heterocycles. The SMILES string of the molecule is CCc1nn(C)c(CNC2CCS(=O)CC2)c1Br. The fourth-order valence-electron chi connectivity index (χ4n) is 2.25. The Morgan fingerprint density at radius 2 is 2.17 bits per heavy atom. The predicted octanol–water partition coefficient (Wildman–Crippen LogP) is 1.75. The number of aromatic nitrogens is 2. The van der Waals surface area contributed by atoms with Crippen LogP contribution < -0.4 is 5.32 Å². The van der Waals surface area contributed by atoms with Gasteiger partial charge in [0, 0.05) is 41.9 Å². The summed E-state index contributed by atoms with van der Waals surface area (Å²) in [6.45, 7) is 2.93. The lowest BCUT2D eigenvalue weighted by Gasteiger charge is -2.22. The third-order valence-electron chi connectivity index (χ3n) is 3.45. The minimum absolute atomic E-state index is 0.495. The van der Waals surface area contributed by atoms with Gasteiger partial charge in [0.1, 0.15) is 0 Å². The highest BCUT2D eigenvalue weighted by Gasteiger charge is 2.19. The molecule has 1 aliphatic heterocycles. The number of rotatable bonds is 4. The highest BCUT2D eigenvalue weighted by atomic mass is 79.9. The summed E-state index contributed by atoms with van der Waals surface area (Å²) in [5.41, 5.74) is 2.30. The summed E-state index contributed by atoms with van der Waals surface area (Å²) in [4.78, 5) is 0. The molecule has 18 heavy (non-hydrogen) atoms. The average molecular weight is 334 g/mol. The number of aryl methyl sites for hydroxylation is 2. The molecule has 0 unspecified atom stereocenters. The Bertz CT molecular complexity index is 437. The van der Waals surface area contributed by atoms with Crippen LogP contribution in [0.3, 0.4) is 0 Å². The molecule has 1 aliphatic rings. The number of hydrogen-bond acceptors (Lipinski definition) is 3. The van der Waals surface area contributed by atoms with E-state index in [4.69, 9.17) is 0 Å². The van der Waals surface area contributed by atoms with Crippen LogP contribution in [0.5, 0.6) is 0 Å². The molecule has 6 heteroatoms. The number of nitrogens with zero attached hydrogens (tertiary/aromatic N) is 2. The van der Waals surface area contributed by atoms with Crippen LogP contribution in [0.15, 0.2) is 4.47 Å². The smallest absolute Gasteiger partial charge is 0.0767 e. The molecule has 0 bridgehead atoms. The first-order chi connectivity index (χ1) is 8.61. The zero-order valence-electron chi connectivity index (χ0n) is 10.9. The van der Waals surface area contributed by atoms with Gasteiger partial charge in [0.15, 0.2) is 0 Å². The van der Waals surface area contributed by atoms with Crippen molar-refractivity contribution in [3.05, 3.63) is 15.9 Å². The van der Waals surface area contributed by atoms with Gasteiger partial charge in [0.25, 0.3) is 0 Å². The minimum atomic E-state index is -0.582. The molecular weight excluding hydrogens is 314 g/mol. The van der Waals surface area contributed by atoms with E-state index in [9.17, 15) is 4.21 Å². The van der Waals surface area contributed by atoms with Gasteiger partial charge in [0.05, 0.1) is 15.9 Å². The molecule has 2 rings (SSSR count). The predicted molar refractivity (Wildman–Crippen MR) is 78.0 cm³/mol. The van der Waals surface area contributed by atoms with Crippen LogP contribution in [-0.2, 0) is 30.8 Å². The fourth-order valence-corrected chi connectivity index (χ4v) is 4.31. The summed E-state index contributed by atoms with van der Waals surface area (Å²) in [6.07, 6.45) is 2.97. The van der Waals surface area contributed by atoms with Gasteiger partial charge in [-0.05, 0) is 35.2 Å². The summed E-state index contributed by atoms with van der Waals surface area (Å²) >= 11 is 3.62. The van der Waals surface area contributed by atoms with E-state index in [1.54, 1.807) is 0 Å². The lowest BCUT2D eigenvalue weighted by molar-refractivity contribution is 0.464. The third kappa shape index (κ3) is 3.22. The van der Waals surface area contributed by atoms with Crippen LogP contribution >= 0.6 is 15.9 Å².